The minimum absolute atomic E-state index is 0.346. The Morgan fingerprint density at radius 1 is 1.27 bits per heavy atom. The van der Waals surface area contributed by atoms with Crippen molar-refractivity contribution in [3.05, 3.63) is 0 Å². The molecule has 2 nitrogen and oxygen atoms in total. The van der Waals surface area contributed by atoms with Gasteiger partial charge in [0.15, 0.2) is 0 Å². The fraction of sp³-hybridized carbons (Fsp3) is 1.00. The Labute approximate surface area is 70.5 Å². The van der Waals surface area contributed by atoms with Crippen LogP contribution in [-0.2, 0) is 0 Å². The highest BCUT2D eigenvalue weighted by Gasteiger charge is 1.99. The fourth-order valence-corrected chi connectivity index (χ4v) is 1.03. The SMILES string of the molecule is CCCC(N)CNCC(C)C. The lowest BCUT2D eigenvalue weighted by molar-refractivity contribution is 0.495. The van der Waals surface area contributed by atoms with Crippen LogP contribution in [0.5, 0.6) is 0 Å². The second-order valence-electron chi connectivity index (χ2n) is 3.60. The zero-order chi connectivity index (χ0) is 8.69. The Hall–Kier alpha value is -0.0800. The number of hydrogen-bond donors (Lipinski definition) is 2. The van der Waals surface area contributed by atoms with Gasteiger partial charge < -0.3 is 11.1 Å². The quantitative estimate of drug-likeness (QED) is 0.612. The van der Waals surface area contributed by atoms with Gasteiger partial charge in [0.1, 0.15) is 0 Å². The summed E-state index contributed by atoms with van der Waals surface area (Å²) < 4.78 is 0. The molecule has 0 saturated carbocycles. The summed E-state index contributed by atoms with van der Waals surface area (Å²) in [5.74, 6) is 0.726. The van der Waals surface area contributed by atoms with Crippen molar-refractivity contribution in [1.29, 1.82) is 0 Å². The fourth-order valence-electron chi connectivity index (χ4n) is 1.03. The van der Waals surface area contributed by atoms with Crippen molar-refractivity contribution in [2.75, 3.05) is 13.1 Å². The van der Waals surface area contributed by atoms with E-state index in [-0.39, 0.29) is 0 Å². The topological polar surface area (TPSA) is 38.0 Å². The molecule has 0 aromatic carbocycles. The number of hydrogen-bond acceptors (Lipinski definition) is 2. The molecular weight excluding hydrogens is 136 g/mol. The Bertz CT molecular complexity index is 81.6. The van der Waals surface area contributed by atoms with Crippen LogP contribution in [0.15, 0.2) is 0 Å². The Kier molecular flexibility index (Phi) is 6.57. The zero-order valence-electron chi connectivity index (χ0n) is 8.06. The lowest BCUT2D eigenvalue weighted by atomic mass is 10.1. The molecule has 0 radical (unpaired) electrons. The molecule has 11 heavy (non-hydrogen) atoms. The van der Waals surface area contributed by atoms with Gasteiger partial charge in [0.05, 0.1) is 0 Å². The smallest absolute Gasteiger partial charge is 0.0165 e. The predicted molar refractivity (Wildman–Crippen MR) is 50.6 cm³/mol. The molecule has 0 aliphatic rings. The average molecular weight is 158 g/mol. The highest BCUT2D eigenvalue weighted by atomic mass is 14.9. The van der Waals surface area contributed by atoms with E-state index < -0.39 is 0 Å². The first-order valence-corrected chi connectivity index (χ1v) is 4.63. The van der Waals surface area contributed by atoms with Crippen molar-refractivity contribution in [2.45, 2.75) is 39.7 Å². The van der Waals surface area contributed by atoms with Crippen LogP contribution in [0.4, 0.5) is 0 Å². The van der Waals surface area contributed by atoms with Gasteiger partial charge >= 0.3 is 0 Å². The predicted octanol–water partition coefficient (Wildman–Crippen LogP) is 1.36. The van der Waals surface area contributed by atoms with Crippen LogP contribution in [0.25, 0.3) is 0 Å². The van der Waals surface area contributed by atoms with E-state index in [1.807, 2.05) is 0 Å². The summed E-state index contributed by atoms with van der Waals surface area (Å²) in [4.78, 5) is 0. The van der Waals surface area contributed by atoms with E-state index in [1.165, 1.54) is 6.42 Å². The Balaban J connectivity index is 3.10. The van der Waals surface area contributed by atoms with E-state index in [4.69, 9.17) is 5.73 Å². The first kappa shape index (κ1) is 10.9. The van der Waals surface area contributed by atoms with Gasteiger partial charge in [-0.3, -0.25) is 0 Å². The number of rotatable bonds is 6. The lowest BCUT2D eigenvalue weighted by Gasteiger charge is -2.12. The van der Waals surface area contributed by atoms with Crippen molar-refractivity contribution in [3.63, 3.8) is 0 Å². The van der Waals surface area contributed by atoms with Crippen LogP contribution in [0, 0.1) is 5.92 Å². The van der Waals surface area contributed by atoms with E-state index >= 15 is 0 Å². The van der Waals surface area contributed by atoms with Gasteiger partial charge in [-0.15, -0.1) is 0 Å². The summed E-state index contributed by atoms with van der Waals surface area (Å²) >= 11 is 0. The third-order valence-corrected chi connectivity index (χ3v) is 1.62. The van der Waals surface area contributed by atoms with Gasteiger partial charge in [-0.25, -0.2) is 0 Å². The highest BCUT2D eigenvalue weighted by molar-refractivity contribution is 4.63. The number of nitrogens with one attached hydrogen (secondary N) is 1. The van der Waals surface area contributed by atoms with Crippen molar-refractivity contribution >= 4 is 0 Å². The van der Waals surface area contributed by atoms with Crippen molar-refractivity contribution in [2.24, 2.45) is 11.7 Å². The van der Waals surface area contributed by atoms with E-state index in [0.717, 1.165) is 25.4 Å². The minimum atomic E-state index is 0.346. The Morgan fingerprint density at radius 2 is 1.91 bits per heavy atom. The summed E-state index contributed by atoms with van der Waals surface area (Å²) in [5.41, 5.74) is 5.81. The maximum Gasteiger partial charge on any atom is 0.0165 e. The Morgan fingerprint density at radius 3 is 2.36 bits per heavy atom. The van der Waals surface area contributed by atoms with Gasteiger partial charge in [0.2, 0.25) is 0 Å². The molecule has 0 aromatic heterocycles. The molecule has 0 amide bonds. The van der Waals surface area contributed by atoms with Crippen LogP contribution < -0.4 is 11.1 Å². The van der Waals surface area contributed by atoms with E-state index in [9.17, 15) is 0 Å². The summed E-state index contributed by atoms with van der Waals surface area (Å²) in [6, 6.07) is 0.346. The molecule has 0 heterocycles. The van der Waals surface area contributed by atoms with Gasteiger partial charge in [-0.2, -0.15) is 0 Å². The van der Waals surface area contributed by atoms with Crippen LogP contribution >= 0.6 is 0 Å². The molecule has 0 saturated heterocycles. The molecule has 0 spiro atoms. The summed E-state index contributed by atoms with van der Waals surface area (Å²) in [6.07, 6.45) is 2.32. The van der Waals surface area contributed by atoms with Gasteiger partial charge in [-0.05, 0) is 18.9 Å². The molecule has 0 aliphatic heterocycles. The molecule has 68 valence electrons. The summed E-state index contributed by atoms with van der Waals surface area (Å²) in [6.45, 7) is 8.63. The number of nitrogens with two attached hydrogens (primary N) is 1. The molecule has 3 N–H and O–H groups in total. The largest absolute Gasteiger partial charge is 0.327 e. The van der Waals surface area contributed by atoms with E-state index in [2.05, 4.69) is 26.1 Å². The average Bonchev–Trinajstić information content (AvgIpc) is 1.87. The van der Waals surface area contributed by atoms with Crippen molar-refractivity contribution in [1.82, 2.24) is 5.32 Å². The molecular formula is C9H22N2. The second-order valence-corrected chi connectivity index (χ2v) is 3.60. The molecule has 1 atom stereocenters. The zero-order valence-corrected chi connectivity index (χ0v) is 8.06. The second kappa shape index (κ2) is 6.62. The van der Waals surface area contributed by atoms with Crippen LogP contribution in [0.3, 0.4) is 0 Å². The summed E-state index contributed by atoms with van der Waals surface area (Å²) in [7, 11) is 0. The van der Waals surface area contributed by atoms with Crippen molar-refractivity contribution < 1.29 is 0 Å². The molecule has 2 heteroatoms. The molecule has 1 unspecified atom stereocenters. The van der Waals surface area contributed by atoms with Gasteiger partial charge in [0.25, 0.3) is 0 Å². The van der Waals surface area contributed by atoms with Gasteiger partial charge in [-0.1, -0.05) is 27.2 Å². The first-order valence-electron chi connectivity index (χ1n) is 4.63. The third-order valence-electron chi connectivity index (χ3n) is 1.62. The first-order chi connectivity index (χ1) is 5.16. The standard InChI is InChI=1S/C9H22N2/c1-4-5-9(10)7-11-6-8(2)3/h8-9,11H,4-7,10H2,1-3H3. The van der Waals surface area contributed by atoms with Crippen LogP contribution in [-0.4, -0.2) is 19.1 Å². The van der Waals surface area contributed by atoms with Crippen LogP contribution in [0.1, 0.15) is 33.6 Å². The normalized spacial score (nSPS) is 13.9. The lowest BCUT2D eigenvalue weighted by Crippen LogP contribution is -2.35. The van der Waals surface area contributed by atoms with E-state index in [1.54, 1.807) is 0 Å². The minimum Gasteiger partial charge on any atom is -0.327 e. The third kappa shape index (κ3) is 7.82. The van der Waals surface area contributed by atoms with Crippen molar-refractivity contribution in [3.8, 4) is 0 Å². The monoisotopic (exact) mass is 158 g/mol. The van der Waals surface area contributed by atoms with Crippen LogP contribution in [0.2, 0.25) is 0 Å². The summed E-state index contributed by atoms with van der Waals surface area (Å²) in [5, 5.41) is 3.34. The maximum absolute atomic E-state index is 5.81. The highest BCUT2D eigenvalue weighted by Crippen LogP contribution is 1.92. The van der Waals surface area contributed by atoms with E-state index in [0.29, 0.717) is 6.04 Å². The van der Waals surface area contributed by atoms with Gasteiger partial charge in [0, 0.05) is 12.6 Å². The molecule has 0 aromatic rings. The molecule has 0 fully saturated rings. The maximum atomic E-state index is 5.81. The molecule has 0 aliphatic carbocycles. The molecule has 0 bridgehead atoms. The molecule has 0 rings (SSSR count).